The predicted molar refractivity (Wildman–Crippen MR) is 83.1 cm³/mol. The molecule has 0 saturated carbocycles. The van der Waals surface area contributed by atoms with Crippen LogP contribution < -0.4 is 10.6 Å². The summed E-state index contributed by atoms with van der Waals surface area (Å²) in [4.78, 5) is 10.7. The first-order chi connectivity index (χ1) is 9.58. The number of thiocarbonyl (C=S) groups is 1. The fourth-order valence-electron chi connectivity index (χ4n) is 1.56. The highest BCUT2D eigenvalue weighted by atomic mass is 35.5. The van der Waals surface area contributed by atoms with Crippen LogP contribution in [0.5, 0.6) is 0 Å². The van der Waals surface area contributed by atoms with Crippen molar-refractivity contribution < 1.29 is 9.18 Å². The average Bonchev–Trinajstić information content (AvgIpc) is 2.43. The van der Waals surface area contributed by atoms with E-state index in [9.17, 15) is 9.18 Å². The Balaban J connectivity index is 2.04. The van der Waals surface area contributed by atoms with Gasteiger partial charge in [0.05, 0.1) is 5.02 Å². The van der Waals surface area contributed by atoms with Crippen LogP contribution >= 0.6 is 23.8 Å². The van der Waals surface area contributed by atoms with E-state index in [4.69, 9.17) is 23.8 Å². The van der Waals surface area contributed by atoms with Gasteiger partial charge < -0.3 is 10.6 Å². The van der Waals surface area contributed by atoms with Gasteiger partial charge in [-0.2, -0.15) is 0 Å². The molecule has 102 valence electrons. The zero-order valence-corrected chi connectivity index (χ0v) is 11.8. The van der Waals surface area contributed by atoms with Gasteiger partial charge in [0.15, 0.2) is 5.11 Å². The van der Waals surface area contributed by atoms with Gasteiger partial charge in [-0.05, 0) is 42.5 Å². The second-order valence-corrected chi connectivity index (χ2v) is 4.77. The normalized spacial score (nSPS) is 9.90. The van der Waals surface area contributed by atoms with Crippen LogP contribution in [0.15, 0.2) is 42.5 Å². The minimum atomic E-state index is -0.491. The molecule has 0 atom stereocenters. The summed E-state index contributed by atoms with van der Waals surface area (Å²) in [5, 5.41) is 6.13. The van der Waals surface area contributed by atoms with Gasteiger partial charge in [0, 0.05) is 16.9 Å². The molecule has 0 heterocycles. The molecule has 2 N–H and O–H groups in total. The van der Waals surface area contributed by atoms with Crippen molar-refractivity contribution in [3.63, 3.8) is 0 Å². The zero-order valence-electron chi connectivity index (χ0n) is 10.2. The minimum Gasteiger partial charge on any atom is -0.332 e. The molecule has 2 aromatic carbocycles. The Bertz CT molecular complexity index is 663. The van der Waals surface area contributed by atoms with E-state index in [1.165, 1.54) is 18.2 Å². The van der Waals surface area contributed by atoms with Crippen molar-refractivity contribution in [1.29, 1.82) is 0 Å². The van der Waals surface area contributed by atoms with E-state index in [1.54, 1.807) is 24.3 Å². The summed E-state index contributed by atoms with van der Waals surface area (Å²) in [5.74, 6) is -0.491. The number of anilines is 2. The number of halogens is 2. The summed E-state index contributed by atoms with van der Waals surface area (Å²) in [5.41, 5.74) is 1.79. The average molecular weight is 309 g/mol. The molecule has 0 fully saturated rings. The van der Waals surface area contributed by atoms with Crippen LogP contribution in [0.4, 0.5) is 15.8 Å². The van der Waals surface area contributed by atoms with E-state index >= 15 is 0 Å². The molecule has 0 aliphatic carbocycles. The molecule has 2 aromatic rings. The van der Waals surface area contributed by atoms with E-state index in [2.05, 4.69) is 10.6 Å². The maximum Gasteiger partial charge on any atom is 0.175 e. The SMILES string of the molecule is O=Cc1cccc(NC(=S)Nc2ccc(F)c(Cl)c2)c1. The minimum absolute atomic E-state index is 0.0146. The standard InChI is InChI=1S/C14H10ClFN2OS/c15-12-7-11(4-5-13(12)16)18-14(20)17-10-3-1-2-9(6-10)8-19/h1-8H,(H2,17,18,20). The number of aldehydes is 1. The van der Waals surface area contributed by atoms with Crippen LogP contribution in [-0.4, -0.2) is 11.4 Å². The van der Waals surface area contributed by atoms with Crippen molar-refractivity contribution in [2.45, 2.75) is 0 Å². The third kappa shape index (κ3) is 3.76. The molecule has 0 unspecified atom stereocenters. The first kappa shape index (κ1) is 14.4. The highest BCUT2D eigenvalue weighted by Gasteiger charge is 2.03. The molecule has 0 bridgehead atoms. The van der Waals surface area contributed by atoms with Crippen LogP contribution in [0, 0.1) is 5.82 Å². The van der Waals surface area contributed by atoms with Gasteiger partial charge in [-0.1, -0.05) is 23.7 Å². The summed E-state index contributed by atoms with van der Waals surface area (Å²) >= 11 is 10.8. The largest absolute Gasteiger partial charge is 0.332 e. The number of hydrogen-bond acceptors (Lipinski definition) is 2. The summed E-state index contributed by atoms with van der Waals surface area (Å²) in [6.07, 6.45) is 0.751. The molecule has 0 aliphatic rings. The molecular weight excluding hydrogens is 299 g/mol. The van der Waals surface area contributed by atoms with Crippen LogP contribution in [0.3, 0.4) is 0 Å². The smallest absolute Gasteiger partial charge is 0.175 e. The molecule has 20 heavy (non-hydrogen) atoms. The number of nitrogens with one attached hydrogen (secondary N) is 2. The third-order valence-electron chi connectivity index (χ3n) is 2.46. The van der Waals surface area contributed by atoms with Crippen molar-refractivity contribution >= 4 is 46.6 Å². The van der Waals surface area contributed by atoms with Crippen molar-refractivity contribution in [3.05, 3.63) is 58.9 Å². The summed E-state index contributed by atoms with van der Waals surface area (Å²) < 4.78 is 13.0. The Morgan fingerprint density at radius 2 is 1.85 bits per heavy atom. The van der Waals surface area contributed by atoms with Crippen LogP contribution in [0.25, 0.3) is 0 Å². The van der Waals surface area contributed by atoms with Crippen LogP contribution in [0.1, 0.15) is 10.4 Å². The van der Waals surface area contributed by atoms with Gasteiger partial charge in [-0.25, -0.2) is 4.39 Å². The van der Waals surface area contributed by atoms with Gasteiger partial charge in [-0.3, -0.25) is 4.79 Å². The quantitative estimate of drug-likeness (QED) is 0.661. The topological polar surface area (TPSA) is 41.1 Å². The highest BCUT2D eigenvalue weighted by molar-refractivity contribution is 7.80. The zero-order chi connectivity index (χ0) is 14.5. The second kappa shape index (κ2) is 6.45. The van der Waals surface area contributed by atoms with Crippen LogP contribution in [0.2, 0.25) is 5.02 Å². The molecule has 0 radical (unpaired) electrons. The van der Waals surface area contributed by atoms with E-state index < -0.39 is 5.82 Å². The Morgan fingerprint density at radius 1 is 1.15 bits per heavy atom. The fraction of sp³-hybridized carbons (Fsp3) is 0. The lowest BCUT2D eigenvalue weighted by molar-refractivity contribution is 0.112. The monoisotopic (exact) mass is 308 g/mol. The summed E-state index contributed by atoms with van der Waals surface area (Å²) in [6, 6.07) is 11.1. The fourth-order valence-corrected chi connectivity index (χ4v) is 1.97. The molecule has 0 aromatic heterocycles. The number of hydrogen-bond donors (Lipinski definition) is 2. The summed E-state index contributed by atoms with van der Waals surface area (Å²) in [6.45, 7) is 0. The predicted octanol–water partition coefficient (Wildman–Crippen LogP) is 4.10. The second-order valence-electron chi connectivity index (χ2n) is 3.95. The first-order valence-electron chi connectivity index (χ1n) is 5.67. The molecule has 0 spiro atoms. The van der Waals surface area contributed by atoms with Crippen molar-refractivity contribution in [2.75, 3.05) is 10.6 Å². The molecule has 3 nitrogen and oxygen atoms in total. The molecule has 2 rings (SSSR count). The number of carbonyl (C=O) groups is 1. The first-order valence-corrected chi connectivity index (χ1v) is 6.45. The van der Waals surface area contributed by atoms with E-state index in [0.29, 0.717) is 22.1 Å². The van der Waals surface area contributed by atoms with Gasteiger partial charge in [0.2, 0.25) is 0 Å². The van der Waals surface area contributed by atoms with Gasteiger partial charge in [0.1, 0.15) is 12.1 Å². The number of carbonyl (C=O) groups excluding carboxylic acids is 1. The maximum absolute atomic E-state index is 13.0. The highest BCUT2D eigenvalue weighted by Crippen LogP contribution is 2.19. The lowest BCUT2D eigenvalue weighted by Gasteiger charge is -2.11. The maximum atomic E-state index is 13.0. The molecule has 0 amide bonds. The summed E-state index contributed by atoms with van der Waals surface area (Å²) in [7, 11) is 0. The van der Waals surface area contributed by atoms with E-state index in [0.717, 1.165) is 6.29 Å². The molecule has 6 heteroatoms. The van der Waals surface area contributed by atoms with Crippen molar-refractivity contribution in [1.82, 2.24) is 0 Å². The third-order valence-corrected chi connectivity index (χ3v) is 2.95. The molecular formula is C14H10ClFN2OS. The Kier molecular flexibility index (Phi) is 4.65. The Labute approximate surface area is 125 Å². The van der Waals surface area contributed by atoms with Gasteiger partial charge >= 0.3 is 0 Å². The number of benzene rings is 2. The van der Waals surface area contributed by atoms with Crippen molar-refractivity contribution in [3.8, 4) is 0 Å². The lowest BCUT2D eigenvalue weighted by Crippen LogP contribution is -2.19. The lowest BCUT2D eigenvalue weighted by atomic mass is 10.2. The van der Waals surface area contributed by atoms with Gasteiger partial charge in [-0.15, -0.1) is 0 Å². The van der Waals surface area contributed by atoms with E-state index in [-0.39, 0.29) is 5.02 Å². The molecule has 0 saturated heterocycles. The number of rotatable bonds is 3. The van der Waals surface area contributed by atoms with Gasteiger partial charge in [0.25, 0.3) is 0 Å². The van der Waals surface area contributed by atoms with Crippen LogP contribution in [-0.2, 0) is 0 Å². The molecule has 0 aliphatic heterocycles. The van der Waals surface area contributed by atoms with Crippen molar-refractivity contribution in [2.24, 2.45) is 0 Å². The Hall–Kier alpha value is -1.98. The Morgan fingerprint density at radius 3 is 2.50 bits per heavy atom. The van der Waals surface area contributed by atoms with E-state index in [1.807, 2.05) is 0 Å².